The molecule has 1 aromatic rings. The van der Waals surface area contributed by atoms with Crippen molar-refractivity contribution in [1.29, 1.82) is 0 Å². The average Bonchev–Trinajstić information content (AvgIpc) is 3.15. The summed E-state index contributed by atoms with van der Waals surface area (Å²) in [7, 11) is 3.96. The Morgan fingerprint density at radius 3 is 2.58 bits per heavy atom. The fourth-order valence-electron chi connectivity index (χ4n) is 2.73. The Morgan fingerprint density at radius 2 is 2.05 bits per heavy atom. The molecule has 0 spiro atoms. The zero-order chi connectivity index (χ0) is 13.9. The standard InChI is InChI=1S/C16H23NO2/c1-4-13-12-16(13,14-8-6-5-7-9-14)15(18)19-11-10-17(2)3/h5-9,13H,4,10-12H2,1-3H3. The molecule has 1 aromatic carbocycles. The molecule has 3 heteroatoms. The zero-order valence-electron chi connectivity index (χ0n) is 12.1. The lowest BCUT2D eigenvalue weighted by Gasteiger charge is -2.18. The molecule has 2 atom stereocenters. The lowest BCUT2D eigenvalue weighted by atomic mass is 9.92. The molecule has 19 heavy (non-hydrogen) atoms. The molecule has 1 saturated carbocycles. The molecule has 0 bridgehead atoms. The third kappa shape index (κ3) is 2.81. The van der Waals surface area contributed by atoms with Crippen LogP contribution in [-0.4, -0.2) is 38.1 Å². The van der Waals surface area contributed by atoms with Crippen molar-refractivity contribution in [3.63, 3.8) is 0 Å². The molecule has 0 aliphatic heterocycles. The summed E-state index contributed by atoms with van der Waals surface area (Å²) >= 11 is 0. The van der Waals surface area contributed by atoms with Gasteiger partial charge in [-0.05, 0) is 32.0 Å². The van der Waals surface area contributed by atoms with Gasteiger partial charge in [-0.2, -0.15) is 0 Å². The second kappa shape index (κ2) is 5.74. The lowest BCUT2D eigenvalue weighted by molar-refractivity contribution is -0.147. The summed E-state index contributed by atoms with van der Waals surface area (Å²) in [6, 6.07) is 10.1. The smallest absolute Gasteiger partial charge is 0.316 e. The van der Waals surface area contributed by atoms with Crippen molar-refractivity contribution in [3.8, 4) is 0 Å². The van der Waals surface area contributed by atoms with E-state index >= 15 is 0 Å². The quantitative estimate of drug-likeness (QED) is 0.737. The monoisotopic (exact) mass is 261 g/mol. The van der Waals surface area contributed by atoms with Gasteiger partial charge in [0.2, 0.25) is 0 Å². The zero-order valence-corrected chi connectivity index (χ0v) is 12.1. The number of ether oxygens (including phenoxy) is 1. The molecule has 2 rings (SSSR count). The SMILES string of the molecule is CCC1CC1(C(=O)OCCN(C)C)c1ccccc1. The number of carbonyl (C=O) groups excluding carboxylic acids is 1. The van der Waals surface area contributed by atoms with Crippen LogP contribution in [0.3, 0.4) is 0 Å². The molecule has 0 saturated heterocycles. The minimum Gasteiger partial charge on any atom is -0.464 e. The molecule has 0 aromatic heterocycles. The second-order valence-corrected chi connectivity index (χ2v) is 5.59. The van der Waals surface area contributed by atoms with E-state index in [0.29, 0.717) is 12.5 Å². The number of esters is 1. The molecule has 0 N–H and O–H groups in total. The Hall–Kier alpha value is -1.35. The van der Waals surface area contributed by atoms with Gasteiger partial charge in [0.05, 0.1) is 5.41 Å². The minimum absolute atomic E-state index is 0.0487. The van der Waals surface area contributed by atoms with Crippen LogP contribution in [-0.2, 0) is 14.9 Å². The Kier molecular flexibility index (Phi) is 4.25. The highest BCUT2D eigenvalue weighted by Gasteiger charge is 2.61. The Morgan fingerprint density at radius 1 is 1.37 bits per heavy atom. The van der Waals surface area contributed by atoms with Gasteiger partial charge in [0, 0.05) is 6.54 Å². The van der Waals surface area contributed by atoms with E-state index in [9.17, 15) is 4.79 Å². The van der Waals surface area contributed by atoms with Gasteiger partial charge in [0.1, 0.15) is 6.61 Å². The number of hydrogen-bond donors (Lipinski definition) is 0. The number of hydrogen-bond acceptors (Lipinski definition) is 3. The van der Waals surface area contributed by atoms with Crippen LogP contribution < -0.4 is 0 Å². The highest BCUT2D eigenvalue weighted by molar-refractivity contribution is 5.87. The van der Waals surface area contributed by atoms with E-state index in [1.54, 1.807) is 0 Å². The van der Waals surface area contributed by atoms with Crippen molar-refractivity contribution < 1.29 is 9.53 Å². The Balaban J connectivity index is 2.07. The van der Waals surface area contributed by atoms with E-state index in [0.717, 1.165) is 24.9 Å². The van der Waals surface area contributed by atoms with Crippen molar-refractivity contribution >= 4 is 5.97 Å². The minimum atomic E-state index is -0.373. The summed E-state index contributed by atoms with van der Waals surface area (Å²) in [6.45, 7) is 3.38. The number of benzene rings is 1. The van der Waals surface area contributed by atoms with Gasteiger partial charge in [-0.25, -0.2) is 0 Å². The van der Waals surface area contributed by atoms with E-state index in [1.165, 1.54) is 0 Å². The van der Waals surface area contributed by atoms with Crippen molar-refractivity contribution in [1.82, 2.24) is 4.90 Å². The fraction of sp³-hybridized carbons (Fsp3) is 0.562. The van der Waals surface area contributed by atoms with E-state index in [4.69, 9.17) is 4.74 Å². The summed E-state index contributed by atoms with van der Waals surface area (Å²) in [5.74, 6) is 0.383. The van der Waals surface area contributed by atoms with Crippen LogP contribution >= 0.6 is 0 Å². The van der Waals surface area contributed by atoms with E-state index in [-0.39, 0.29) is 11.4 Å². The van der Waals surface area contributed by atoms with Crippen LogP contribution in [0, 0.1) is 5.92 Å². The largest absolute Gasteiger partial charge is 0.464 e. The Labute approximate surface area is 115 Å². The third-order valence-electron chi connectivity index (χ3n) is 4.02. The van der Waals surface area contributed by atoms with E-state index in [1.807, 2.05) is 49.3 Å². The van der Waals surface area contributed by atoms with Crippen molar-refractivity contribution in [3.05, 3.63) is 35.9 Å². The maximum atomic E-state index is 12.4. The van der Waals surface area contributed by atoms with Crippen molar-refractivity contribution in [2.24, 2.45) is 5.92 Å². The molecule has 1 aliphatic rings. The normalized spacial score (nSPS) is 25.4. The van der Waals surface area contributed by atoms with Crippen LogP contribution in [0.4, 0.5) is 0 Å². The maximum absolute atomic E-state index is 12.4. The van der Waals surface area contributed by atoms with E-state index < -0.39 is 0 Å². The summed E-state index contributed by atoms with van der Waals surface area (Å²) in [4.78, 5) is 14.5. The van der Waals surface area contributed by atoms with Crippen molar-refractivity contribution in [2.45, 2.75) is 25.2 Å². The summed E-state index contributed by atoms with van der Waals surface area (Å²) in [5, 5.41) is 0. The number of likely N-dealkylation sites (N-methyl/N-ethyl adjacent to an activating group) is 1. The molecule has 1 aliphatic carbocycles. The summed E-state index contributed by atoms with van der Waals surface area (Å²) in [6.07, 6.45) is 1.95. The first-order valence-corrected chi connectivity index (χ1v) is 6.98. The van der Waals surface area contributed by atoms with Gasteiger partial charge in [-0.1, -0.05) is 43.7 Å². The molecule has 1 fully saturated rings. The second-order valence-electron chi connectivity index (χ2n) is 5.59. The first kappa shape index (κ1) is 14.1. The molecule has 0 heterocycles. The Bertz CT molecular complexity index is 430. The molecular weight excluding hydrogens is 238 g/mol. The average molecular weight is 261 g/mol. The van der Waals surface area contributed by atoms with Gasteiger partial charge in [0.25, 0.3) is 0 Å². The highest BCUT2D eigenvalue weighted by atomic mass is 16.5. The number of rotatable bonds is 6. The van der Waals surface area contributed by atoms with Crippen LogP contribution in [0.25, 0.3) is 0 Å². The van der Waals surface area contributed by atoms with Gasteiger partial charge in [0.15, 0.2) is 0 Å². The summed E-state index contributed by atoms with van der Waals surface area (Å²) < 4.78 is 5.49. The molecule has 3 nitrogen and oxygen atoms in total. The first-order valence-electron chi connectivity index (χ1n) is 6.98. The topological polar surface area (TPSA) is 29.5 Å². The fourth-order valence-corrected chi connectivity index (χ4v) is 2.73. The predicted octanol–water partition coefficient (Wildman–Crippen LogP) is 2.46. The predicted molar refractivity (Wildman–Crippen MR) is 76.0 cm³/mol. The molecule has 0 amide bonds. The van der Waals surface area contributed by atoms with Gasteiger partial charge >= 0.3 is 5.97 Å². The van der Waals surface area contributed by atoms with Gasteiger partial charge < -0.3 is 9.64 Å². The van der Waals surface area contributed by atoms with Crippen LogP contribution in [0.5, 0.6) is 0 Å². The molecular formula is C16H23NO2. The molecule has 104 valence electrons. The van der Waals surface area contributed by atoms with Crippen LogP contribution in [0.15, 0.2) is 30.3 Å². The lowest BCUT2D eigenvalue weighted by Crippen LogP contribution is -2.28. The van der Waals surface area contributed by atoms with Gasteiger partial charge in [-0.3, -0.25) is 4.79 Å². The summed E-state index contributed by atoms with van der Waals surface area (Å²) in [5.41, 5.74) is 0.735. The van der Waals surface area contributed by atoms with E-state index in [2.05, 4.69) is 6.92 Å². The number of carbonyl (C=O) groups is 1. The van der Waals surface area contributed by atoms with Crippen molar-refractivity contribution in [2.75, 3.05) is 27.2 Å². The van der Waals surface area contributed by atoms with Crippen LogP contribution in [0.2, 0.25) is 0 Å². The maximum Gasteiger partial charge on any atom is 0.316 e. The molecule has 2 unspecified atom stereocenters. The van der Waals surface area contributed by atoms with Crippen LogP contribution in [0.1, 0.15) is 25.3 Å². The number of nitrogens with zero attached hydrogens (tertiary/aromatic N) is 1. The molecule has 0 radical (unpaired) electrons. The van der Waals surface area contributed by atoms with Gasteiger partial charge in [-0.15, -0.1) is 0 Å². The third-order valence-corrected chi connectivity index (χ3v) is 4.02. The highest BCUT2D eigenvalue weighted by Crippen LogP contribution is 2.56. The first-order chi connectivity index (χ1) is 9.11.